The van der Waals surface area contributed by atoms with Gasteiger partial charge >= 0.3 is 0 Å². The molecular weight excluding hydrogens is 190 g/mol. The molecule has 0 aliphatic carbocycles. The van der Waals surface area contributed by atoms with Gasteiger partial charge in [-0.2, -0.15) is 5.10 Å². The van der Waals surface area contributed by atoms with E-state index in [1.54, 1.807) is 11.0 Å². The molecule has 0 N–H and O–H groups in total. The summed E-state index contributed by atoms with van der Waals surface area (Å²) in [6, 6.07) is 2.01. The summed E-state index contributed by atoms with van der Waals surface area (Å²) >= 11 is 0. The first-order valence-electron chi connectivity index (χ1n) is 5.01. The fourth-order valence-electron chi connectivity index (χ4n) is 1.44. The quantitative estimate of drug-likeness (QED) is 0.687. The lowest BCUT2D eigenvalue weighted by Crippen LogP contribution is -2.36. The van der Waals surface area contributed by atoms with Crippen LogP contribution in [0.5, 0.6) is 0 Å². The Labute approximate surface area is 88.4 Å². The van der Waals surface area contributed by atoms with Gasteiger partial charge < -0.3 is 0 Å². The van der Waals surface area contributed by atoms with Crippen LogP contribution in [-0.2, 0) is 13.6 Å². The standard InChI is InChI=1S/C10H14N5/c1-3-5-15-6-4-9(7-12-15)10-11-8-13-14(10)2/h4,6-8H,3,5H2,1-2H3/q+1. The molecule has 0 fully saturated rings. The van der Waals surface area contributed by atoms with Gasteiger partial charge in [0.2, 0.25) is 0 Å². The molecule has 78 valence electrons. The molecular formula is C10H14N5+. The Hall–Kier alpha value is -1.78. The molecule has 5 nitrogen and oxygen atoms in total. The van der Waals surface area contributed by atoms with Gasteiger partial charge in [-0.05, 0) is 5.10 Å². The third-order valence-corrected chi connectivity index (χ3v) is 2.19. The van der Waals surface area contributed by atoms with Crippen molar-refractivity contribution in [2.45, 2.75) is 19.9 Å². The lowest BCUT2D eigenvalue weighted by Gasteiger charge is -1.97. The van der Waals surface area contributed by atoms with Crippen LogP contribution in [0.25, 0.3) is 11.4 Å². The molecule has 0 aliphatic heterocycles. The highest BCUT2D eigenvalue weighted by molar-refractivity contribution is 5.51. The normalized spacial score (nSPS) is 10.5. The number of hydrogen-bond donors (Lipinski definition) is 0. The smallest absolute Gasteiger partial charge is 0.197 e. The molecule has 2 heterocycles. The number of aromatic nitrogens is 5. The van der Waals surface area contributed by atoms with E-state index in [1.807, 2.05) is 30.2 Å². The minimum absolute atomic E-state index is 0.839. The zero-order valence-electron chi connectivity index (χ0n) is 8.96. The predicted molar refractivity (Wildman–Crippen MR) is 54.7 cm³/mol. The molecule has 0 amide bonds. The van der Waals surface area contributed by atoms with E-state index in [0.29, 0.717) is 0 Å². The van der Waals surface area contributed by atoms with Crippen molar-refractivity contribution in [2.75, 3.05) is 0 Å². The average molecular weight is 204 g/mol. The molecule has 2 rings (SSSR count). The molecule has 0 atom stereocenters. The van der Waals surface area contributed by atoms with Crippen molar-refractivity contribution in [3.63, 3.8) is 0 Å². The minimum Gasteiger partial charge on any atom is -0.249 e. The van der Waals surface area contributed by atoms with Crippen molar-refractivity contribution in [2.24, 2.45) is 7.05 Å². The van der Waals surface area contributed by atoms with Crippen LogP contribution in [0.2, 0.25) is 0 Å². The van der Waals surface area contributed by atoms with Gasteiger partial charge in [0, 0.05) is 25.1 Å². The maximum Gasteiger partial charge on any atom is 0.197 e. The largest absolute Gasteiger partial charge is 0.249 e. The lowest BCUT2D eigenvalue weighted by atomic mass is 10.3. The van der Waals surface area contributed by atoms with E-state index >= 15 is 0 Å². The predicted octanol–water partition coefficient (Wildman–Crippen LogP) is 0.575. The van der Waals surface area contributed by atoms with Crippen molar-refractivity contribution in [3.05, 3.63) is 24.8 Å². The zero-order valence-corrected chi connectivity index (χ0v) is 8.96. The van der Waals surface area contributed by atoms with Gasteiger partial charge in [0.25, 0.3) is 0 Å². The van der Waals surface area contributed by atoms with E-state index in [-0.39, 0.29) is 0 Å². The average Bonchev–Trinajstić information content (AvgIpc) is 2.66. The van der Waals surface area contributed by atoms with E-state index in [0.717, 1.165) is 24.4 Å². The first-order valence-corrected chi connectivity index (χ1v) is 5.01. The van der Waals surface area contributed by atoms with Gasteiger partial charge in [-0.1, -0.05) is 11.6 Å². The Morgan fingerprint density at radius 1 is 1.47 bits per heavy atom. The summed E-state index contributed by atoms with van der Waals surface area (Å²) in [5, 5.41) is 8.32. The fraction of sp³-hybridized carbons (Fsp3) is 0.400. The summed E-state index contributed by atoms with van der Waals surface area (Å²) in [5.41, 5.74) is 0.988. The molecule has 0 unspecified atom stereocenters. The second kappa shape index (κ2) is 4.16. The van der Waals surface area contributed by atoms with E-state index in [2.05, 4.69) is 22.1 Å². The Kier molecular flexibility index (Phi) is 2.71. The van der Waals surface area contributed by atoms with Crippen LogP contribution in [0.4, 0.5) is 0 Å². The van der Waals surface area contributed by atoms with Gasteiger partial charge in [0.05, 0.1) is 0 Å². The van der Waals surface area contributed by atoms with Gasteiger partial charge in [0.15, 0.2) is 18.6 Å². The second-order valence-electron chi connectivity index (χ2n) is 3.39. The van der Waals surface area contributed by atoms with Crippen LogP contribution in [0.1, 0.15) is 13.3 Å². The van der Waals surface area contributed by atoms with Crippen molar-refractivity contribution in [1.82, 2.24) is 19.9 Å². The van der Waals surface area contributed by atoms with Gasteiger partial charge in [0.1, 0.15) is 12.5 Å². The summed E-state index contributed by atoms with van der Waals surface area (Å²) in [6.45, 7) is 3.07. The van der Waals surface area contributed by atoms with E-state index in [9.17, 15) is 0 Å². The van der Waals surface area contributed by atoms with Gasteiger partial charge in [-0.25, -0.2) is 9.67 Å². The van der Waals surface area contributed by atoms with Gasteiger partial charge in [-0.15, -0.1) is 0 Å². The highest BCUT2D eigenvalue weighted by Gasteiger charge is 2.07. The van der Waals surface area contributed by atoms with E-state index < -0.39 is 0 Å². The molecule has 0 bridgehead atoms. The summed E-state index contributed by atoms with van der Waals surface area (Å²) in [4.78, 5) is 4.16. The maximum atomic E-state index is 4.30. The van der Waals surface area contributed by atoms with Crippen LogP contribution < -0.4 is 4.68 Å². The highest BCUT2D eigenvalue weighted by Crippen LogP contribution is 2.11. The molecule has 0 aromatic carbocycles. The number of aryl methyl sites for hydroxylation is 2. The maximum absolute atomic E-state index is 4.30. The number of rotatable bonds is 3. The third-order valence-electron chi connectivity index (χ3n) is 2.19. The molecule has 0 saturated carbocycles. The molecule has 0 saturated heterocycles. The highest BCUT2D eigenvalue weighted by atomic mass is 15.3. The molecule has 2 aromatic rings. The van der Waals surface area contributed by atoms with Crippen molar-refractivity contribution >= 4 is 0 Å². The number of nitrogens with zero attached hydrogens (tertiary/aromatic N) is 5. The molecule has 0 aliphatic rings. The zero-order chi connectivity index (χ0) is 10.7. The molecule has 15 heavy (non-hydrogen) atoms. The lowest BCUT2D eigenvalue weighted by molar-refractivity contribution is -0.753. The summed E-state index contributed by atoms with van der Waals surface area (Å²) in [7, 11) is 1.87. The van der Waals surface area contributed by atoms with Crippen LogP contribution in [0, 0.1) is 0 Å². The summed E-state index contributed by atoms with van der Waals surface area (Å²) in [5.74, 6) is 0.839. The Balaban J connectivity index is 2.28. The second-order valence-corrected chi connectivity index (χ2v) is 3.39. The van der Waals surface area contributed by atoms with Crippen LogP contribution >= 0.6 is 0 Å². The fourth-order valence-corrected chi connectivity index (χ4v) is 1.44. The van der Waals surface area contributed by atoms with Crippen molar-refractivity contribution in [3.8, 4) is 11.4 Å². The van der Waals surface area contributed by atoms with Crippen LogP contribution in [-0.4, -0.2) is 19.9 Å². The SMILES string of the molecule is CCC[n+]1ccc(-c2ncnn2C)cn1. The van der Waals surface area contributed by atoms with Gasteiger partial charge in [-0.3, -0.25) is 0 Å². The molecule has 5 heteroatoms. The topological polar surface area (TPSA) is 47.5 Å². The first-order chi connectivity index (χ1) is 7.31. The van der Waals surface area contributed by atoms with Crippen LogP contribution in [0.15, 0.2) is 24.8 Å². The third kappa shape index (κ3) is 2.01. The minimum atomic E-state index is 0.839. The van der Waals surface area contributed by atoms with E-state index in [1.165, 1.54) is 0 Å². The summed E-state index contributed by atoms with van der Waals surface area (Å²) in [6.07, 6.45) is 6.41. The van der Waals surface area contributed by atoms with Crippen LogP contribution in [0.3, 0.4) is 0 Å². The number of hydrogen-bond acceptors (Lipinski definition) is 3. The monoisotopic (exact) mass is 204 g/mol. The van der Waals surface area contributed by atoms with Crippen molar-refractivity contribution in [1.29, 1.82) is 0 Å². The Morgan fingerprint density at radius 2 is 2.33 bits per heavy atom. The summed E-state index contributed by atoms with van der Waals surface area (Å²) < 4.78 is 3.65. The Morgan fingerprint density at radius 3 is 2.87 bits per heavy atom. The Bertz CT molecular complexity index is 431. The molecule has 2 aromatic heterocycles. The molecule has 0 radical (unpaired) electrons. The van der Waals surface area contributed by atoms with E-state index in [4.69, 9.17) is 0 Å². The first kappa shape index (κ1) is 9.76. The van der Waals surface area contributed by atoms with Crippen molar-refractivity contribution < 1.29 is 4.68 Å². The molecule has 0 spiro atoms.